The maximum atomic E-state index is 13.5. The van der Waals surface area contributed by atoms with Crippen molar-refractivity contribution in [1.29, 1.82) is 0 Å². The molecule has 1 saturated heterocycles. The molecule has 1 aliphatic rings. The largest absolute Gasteiger partial charge is 0.466 e. The van der Waals surface area contributed by atoms with Gasteiger partial charge < -0.3 is 14.1 Å². The number of nitrogens with one attached hydrogen (secondary N) is 1. The lowest BCUT2D eigenvalue weighted by Crippen LogP contribution is -2.52. The first kappa shape index (κ1) is 25.6. The molecule has 1 aromatic heterocycles. The molecule has 36 heavy (non-hydrogen) atoms. The number of fused-ring (bicyclic) bond motifs is 1. The second kappa shape index (κ2) is 10.7. The number of carbonyl (C=O) groups excluding carboxylic acids is 2. The molecule has 0 aliphatic carbocycles. The smallest absolute Gasteiger partial charge is 0.419 e. The van der Waals surface area contributed by atoms with Gasteiger partial charge in [-0.2, -0.15) is 4.72 Å². The Morgan fingerprint density at radius 3 is 2.50 bits per heavy atom. The van der Waals surface area contributed by atoms with Gasteiger partial charge in [0.05, 0.1) is 22.9 Å². The lowest BCUT2D eigenvalue weighted by molar-refractivity contribution is -0.151. The molecule has 0 radical (unpaired) electrons. The first-order valence-corrected chi connectivity index (χ1v) is 13.3. The zero-order valence-corrected chi connectivity index (χ0v) is 21.0. The molecule has 192 valence electrons. The fourth-order valence-corrected chi connectivity index (χ4v) is 5.59. The van der Waals surface area contributed by atoms with Crippen LogP contribution in [-0.4, -0.2) is 55.5 Å². The highest BCUT2D eigenvalue weighted by atomic mass is 32.2. The van der Waals surface area contributed by atoms with Gasteiger partial charge in [-0.05, 0) is 43.9 Å². The molecule has 0 saturated carbocycles. The number of sulfonamides is 1. The molecule has 1 aliphatic heterocycles. The van der Waals surface area contributed by atoms with E-state index in [1.165, 1.54) is 29.8 Å². The summed E-state index contributed by atoms with van der Waals surface area (Å²) in [6.07, 6.45) is 1.07. The summed E-state index contributed by atoms with van der Waals surface area (Å²) >= 11 is 0. The summed E-state index contributed by atoms with van der Waals surface area (Å²) < 4.78 is 40.7. The Morgan fingerprint density at radius 1 is 1.14 bits per heavy atom. The van der Waals surface area contributed by atoms with E-state index >= 15 is 0 Å². The van der Waals surface area contributed by atoms with Gasteiger partial charge in [-0.25, -0.2) is 13.2 Å². The number of carbonyl (C=O) groups is 2. The van der Waals surface area contributed by atoms with Gasteiger partial charge >= 0.3 is 11.7 Å². The number of aromatic nitrogens is 1. The van der Waals surface area contributed by atoms with Crippen molar-refractivity contribution in [2.75, 3.05) is 19.7 Å². The third-order valence-electron chi connectivity index (χ3n) is 6.38. The van der Waals surface area contributed by atoms with Gasteiger partial charge in [0.1, 0.15) is 6.04 Å². The van der Waals surface area contributed by atoms with Crippen LogP contribution in [0.2, 0.25) is 0 Å². The lowest BCUT2D eigenvalue weighted by atomic mass is 9.96. The van der Waals surface area contributed by atoms with Gasteiger partial charge in [0.15, 0.2) is 5.58 Å². The molecule has 11 heteroatoms. The fourth-order valence-electron chi connectivity index (χ4n) is 4.38. The Bertz CT molecular complexity index is 1400. The van der Waals surface area contributed by atoms with Crippen molar-refractivity contribution >= 4 is 33.0 Å². The third kappa shape index (κ3) is 5.52. The maximum absolute atomic E-state index is 13.5. The van der Waals surface area contributed by atoms with Gasteiger partial charge in [-0.3, -0.25) is 14.2 Å². The van der Waals surface area contributed by atoms with Crippen LogP contribution in [0.3, 0.4) is 0 Å². The number of benzene rings is 2. The third-order valence-corrected chi connectivity index (χ3v) is 7.85. The molecule has 0 unspecified atom stereocenters. The van der Waals surface area contributed by atoms with Crippen molar-refractivity contribution in [2.24, 2.45) is 13.0 Å². The Labute approximate surface area is 208 Å². The SMILES string of the molecule is CCOC(=O)C1CCN(C(=O)[C@H](Cc2ccccc2)NS(=O)(=O)c2ccc3c(c2)oc(=O)n3C)CC1. The molecule has 1 N–H and O–H groups in total. The average Bonchev–Trinajstić information content (AvgIpc) is 3.16. The molecular formula is C25H29N3O7S. The number of hydrogen-bond donors (Lipinski definition) is 1. The van der Waals surface area contributed by atoms with Gasteiger partial charge in [0.2, 0.25) is 15.9 Å². The van der Waals surface area contributed by atoms with Crippen molar-refractivity contribution in [3.63, 3.8) is 0 Å². The summed E-state index contributed by atoms with van der Waals surface area (Å²) in [6, 6.07) is 12.2. The number of likely N-dealkylation sites (tertiary alicyclic amines) is 1. The number of piperidine rings is 1. The Balaban J connectivity index is 1.56. The standard InChI is InChI=1S/C25H29N3O7S/c1-3-34-24(30)18-11-13-28(14-12-18)23(29)20(15-17-7-5-4-6-8-17)26-36(32,33)19-9-10-21-22(16-19)35-25(31)27(21)2/h4-10,16,18,20,26H,3,11-15H2,1-2H3/t20-/m0/s1. The molecule has 3 aromatic rings. The van der Waals surface area contributed by atoms with E-state index in [0.29, 0.717) is 38.1 Å². The maximum Gasteiger partial charge on any atom is 0.419 e. The van der Waals surface area contributed by atoms with E-state index in [4.69, 9.17) is 9.15 Å². The number of aryl methyl sites for hydroxylation is 1. The fraction of sp³-hybridized carbons (Fsp3) is 0.400. The summed E-state index contributed by atoms with van der Waals surface area (Å²) in [5.41, 5.74) is 1.39. The Kier molecular flexibility index (Phi) is 7.60. The van der Waals surface area contributed by atoms with E-state index in [1.54, 1.807) is 11.8 Å². The first-order chi connectivity index (χ1) is 17.2. The van der Waals surface area contributed by atoms with Crippen LogP contribution in [0.5, 0.6) is 0 Å². The van der Waals surface area contributed by atoms with E-state index in [9.17, 15) is 22.8 Å². The van der Waals surface area contributed by atoms with Crippen LogP contribution >= 0.6 is 0 Å². The molecule has 2 heterocycles. The van der Waals surface area contributed by atoms with Crippen LogP contribution in [0.1, 0.15) is 25.3 Å². The molecular weight excluding hydrogens is 486 g/mol. The minimum Gasteiger partial charge on any atom is -0.466 e. The van der Waals surface area contributed by atoms with E-state index in [1.807, 2.05) is 30.3 Å². The van der Waals surface area contributed by atoms with Crippen LogP contribution in [-0.2, 0) is 37.8 Å². The van der Waals surface area contributed by atoms with Crippen LogP contribution < -0.4 is 10.5 Å². The van der Waals surface area contributed by atoms with Crippen molar-refractivity contribution < 1.29 is 27.2 Å². The normalized spacial score (nSPS) is 15.7. The molecule has 1 atom stereocenters. The molecule has 0 bridgehead atoms. The second-order valence-electron chi connectivity index (χ2n) is 8.77. The summed E-state index contributed by atoms with van der Waals surface area (Å²) in [4.78, 5) is 38.8. The van der Waals surface area contributed by atoms with Crippen LogP contribution in [0.4, 0.5) is 0 Å². The Morgan fingerprint density at radius 2 is 1.83 bits per heavy atom. The predicted molar refractivity (Wildman–Crippen MR) is 132 cm³/mol. The lowest BCUT2D eigenvalue weighted by Gasteiger charge is -2.33. The highest BCUT2D eigenvalue weighted by Crippen LogP contribution is 2.22. The summed E-state index contributed by atoms with van der Waals surface area (Å²) in [5, 5.41) is 0. The van der Waals surface area contributed by atoms with Gasteiger partial charge in [-0.1, -0.05) is 30.3 Å². The van der Waals surface area contributed by atoms with Crippen molar-refractivity contribution in [2.45, 2.75) is 37.1 Å². The number of rotatable bonds is 8. The summed E-state index contributed by atoms with van der Waals surface area (Å²) in [5.74, 6) is -1.51. The summed E-state index contributed by atoms with van der Waals surface area (Å²) in [7, 11) is -2.60. The number of hydrogen-bond acceptors (Lipinski definition) is 7. The highest BCUT2D eigenvalue weighted by molar-refractivity contribution is 7.89. The zero-order valence-electron chi connectivity index (χ0n) is 20.2. The molecule has 2 aromatic carbocycles. The van der Waals surface area contributed by atoms with Crippen molar-refractivity contribution in [3.8, 4) is 0 Å². The zero-order chi connectivity index (χ0) is 25.9. The average molecular weight is 516 g/mol. The quantitative estimate of drug-likeness (QED) is 0.453. The van der Waals surface area contributed by atoms with E-state index in [0.717, 1.165) is 5.56 Å². The van der Waals surface area contributed by atoms with Crippen LogP contribution in [0, 0.1) is 5.92 Å². The van der Waals surface area contributed by atoms with Crippen LogP contribution in [0.15, 0.2) is 62.6 Å². The van der Waals surface area contributed by atoms with Crippen molar-refractivity contribution in [1.82, 2.24) is 14.2 Å². The summed E-state index contributed by atoms with van der Waals surface area (Å²) in [6.45, 7) is 2.71. The predicted octanol–water partition coefficient (Wildman–Crippen LogP) is 1.82. The van der Waals surface area contributed by atoms with Gasteiger partial charge in [-0.15, -0.1) is 0 Å². The van der Waals surface area contributed by atoms with Gasteiger partial charge in [0, 0.05) is 26.2 Å². The minimum absolute atomic E-state index is 0.115. The topological polar surface area (TPSA) is 128 Å². The monoisotopic (exact) mass is 515 g/mol. The molecule has 1 fully saturated rings. The van der Waals surface area contributed by atoms with E-state index < -0.39 is 21.8 Å². The molecule has 0 spiro atoms. The van der Waals surface area contributed by atoms with Gasteiger partial charge in [0.25, 0.3) is 0 Å². The first-order valence-electron chi connectivity index (χ1n) is 11.8. The second-order valence-corrected chi connectivity index (χ2v) is 10.5. The van der Waals surface area contributed by atoms with E-state index in [-0.39, 0.29) is 34.7 Å². The van der Waals surface area contributed by atoms with E-state index in [2.05, 4.69) is 4.72 Å². The van der Waals surface area contributed by atoms with Crippen LogP contribution in [0.25, 0.3) is 11.1 Å². The molecule has 1 amide bonds. The number of ether oxygens (including phenoxy) is 1. The minimum atomic E-state index is -4.13. The number of esters is 1. The highest BCUT2D eigenvalue weighted by Gasteiger charge is 2.34. The molecule has 10 nitrogen and oxygen atoms in total. The Hall–Kier alpha value is -3.44. The number of nitrogens with zero attached hydrogens (tertiary/aromatic N) is 2. The van der Waals surface area contributed by atoms with Crippen molar-refractivity contribution in [3.05, 3.63) is 64.6 Å². The number of amides is 1. The molecule has 4 rings (SSSR count). The number of oxazole rings is 1.